The topological polar surface area (TPSA) is 91.4 Å². The first-order chi connectivity index (χ1) is 11.2. The molecule has 7 heteroatoms. The number of ether oxygens (including phenoxy) is 1. The van der Waals surface area contributed by atoms with Crippen LogP contribution in [0.1, 0.15) is 44.9 Å². The number of fused-ring (bicyclic) bond motifs is 3. The average molecular weight is 323 g/mol. The smallest absolute Gasteiger partial charge is 0.235 e. The summed E-state index contributed by atoms with van der Waals surface area (Å²) in [5.74, 6) is -0.222. The van der Waals surface area contributed by atoms with E-state index >= 15 is 0 Å². The third-order valence-electron chi connectivity index (χ3n) is 6.33. The summed E-state index contributed by atoms with van der Waals surface area (Å²) in [7, 11) is 0. The molecule has 3 atom stereocenters. The van der Waals surface area contributed by atoms with Gasteiger partial charge in [-0.1, -0.05) is 11.6 Å². The molecule has 2 N–H and O–H groups in total. The van der Waals surface area contributed by atoms with Crippen molar-refractivity contribution in [1.82, 2.24) is 4.90 Å². The maximum Gasteiger partial charge on any atom is 0.235 e. The van der Waals surface area contributed by atoms with E-state index in [4.69, 9.17) is 4.74 Å². The van der Waals surface area contributed by atoms with E-state index in [0.717, 1.165) is 36.8 Å². The van der Waals surface area contributed by atoms with E-state index in [-0.39, 0.29) is 5.92 Å². The third kappa shape index (κ3) is 1.87. The van der Waals surface area contributed by atoms with Gasteiger partial charge in [-0.05, 0) is 25.7 Å². The van der Waals surface area contributed by atoms with Crippen molar-refractivity contribution in [3.05, 3.63) is 5.21 Å². The summed E-state index contributed by atoms with van der Waals surface area (Å²) < 4.78 is 6.57. The van der Waals surface area contributed by atoms with E-state index in [1.165, 1.54) is 0 Å². The lowest BCUT2D eigenvalue weighted by atomic mass is 9.65. The van der Waals surface area contributed by atoms with Crippen LogP contribution in [0.25, 0.3) is 0 Å². The fourth-order valence-corrected chi connectivity index (χ4v) is 5.37. The predicted octanol–water partition coefficient (Wildman–Crippen LogP) is 0.915. The summed E-state index contributed by atoms with van der Waals surface area (Å²) in [6.07, 6.45) is 5.42. The maximum absolute atomic E-state index is 13.4. The first-order valence-electron chi connectivity index (χ1n) is 8.76. The van der Waals surface area contributed by atoms with Gasteiger partial charge in [0, 0.05) is 25.9 Å². The van der Waals surface area contributed by atoms with Gasteiger partial charge in [0.2, 0.25) is 11.4 Å². The van der Waals surface area contributed by atoms with Gasteiger partial charge < -0.3 is 20.3 Å². The number of rotatable bonds is 1. The Morgan fingerprint density at radius 2 is 2.00 bits per heavy atom. The van der Waals surface area contributed by atoms with Crippen molar-refractivity contribution < 1.29 is 19.8 Å². The highest BCUT2D eigenvalue weighted by Crippen LogP contribution is 2.52. The molecule has 0 unspecified atom stereocenters. The molecule has 2 heterocycles. The molecule has 0 radical (unpaired) electrons. The fraction of sp³-hybridized carbons (Fsp3) is 0.875. The molecule has 0 aromatic carbocycles. The Hall–Kier alpha value is -1.18. The van der Waals surface area contributed by atoms with E-state index in [0.29, 0.717) is 50.6 Å². The van der Waals surface area contributed by atoms with Crippen LogP contribution < -0.4 is 0 Å². The Kier molecular flexibility index (Phi) is 3.62. The van der Waals surface area contributed by atoms with Gasteiger partial charge in [0.05, 0.1) is 24.8 Å². The first-order valence-corrected chi connectivity index (χ1v) is 8.76. The van der Waals surface area contributed by atoms with Crippen LogP contribution in [0.4, 0.5) is 0 Å². The largest absolute Gasteiger partial charge is 0.622 e. The van der Waals surface area contributed by atoms with Crippen molar-refractivity contribution in [2.45, 2.75) is 56.2 Å². The van der Waals surface area contributed by atoms with E-state index in [2.05, 4.69) is 10.1 Å². The average Bonchev–Trinajstić information content (AvgIpc) is 2.82. The van der Waals surface area contributed by atoms with Crippen molar-refractivity contribution in [2.24, 2.45) is 11.1 Å². The Morgan fingerprint density at radius 1 is 1.22 bits per heavy atom. The summed E-state index contributed by atoms with van der Waals surface area (Å²) in [5, 5.41) is 37.7. The van der Waals surface area contributed by atoms with Crippen LogP contribution in [0.2, 0.25) is 0 Å². The summed E-state index contributed by atoms with van der Waals surface area (Å²) in [4.78, 5) is 2.21. The number of hydroxylamine groups is 1. The first kappa shape index (κ1) is 15.4. The molecule has 2 saturated carbocycles. The minimum Gasteiger partial charge on any atom is -0.622 e. The zero-order valence-corrected chi connectivity index (χ0v) is 13.4. The monoisotopic (exact) mass is 323 g/mol. The van der Waals surface area contributed by atoms with E-state index < -0.39 is 11.3 Å². The number of nitrogens with zero attached hydrogens (tertiary/aromatic N) is 3. The SMILES string of the molecule is [O-][N+]1=C2CCC/C(=N\O)[C@@]2(O)[C@H]2CCCC[C@@]21N1CCOCC1. The highest BCUT2D eigenvalue weighted by Gasteiger charge is 2.71. The number of hydrogen-bond donors (Lipinski definition) is 2. The maximum atomic E-state index is 13.4. The van der Waals surface area contributed by atoms with Crippen molar-refractivity contribution in [3.63, 3.8) is 0 Å². The van der Waals surface area contributed by atoms with E-state index in [1.54, 1.807) is 0 Å². The Bertz CT molecular complexity index is 558. The molecule has 7 nitrogen and oxygen atoms in total. The molecule has 4 aliphatic rings. The Morgan fingerprint density at radius 3 is 2.74 bits per heavy atom. The van der Waals surface area contributed by atoms with E-state index in [1.807, 2.05) is 0 Å². The lowest BCUT2D eigenvalue weighted by Crippen LogP contribution is -2.65. The number of aliphatic hydroxyl groups is 1. The second-order valence-corrected chi connectivity index (χ2v) is 7.18. The fourth-order valence-electron chi connectivity index (χ4n) is 5.37. The van der Waals surface area contributed by atoms with Crippen LogP contribution in [-0.2, 0) is 4.74 Å². The molecule has 4 rings (SSSR count). The van der Waals surface area contributed by atoms with Gasteiger partial charge in [0.25, 0.3) is 0 Å². The summed E-state index contributed by atoms with van der Waals surface area (Å²) in [6, 6.07) is 0. The number of hydrogen-bond acceptors (Lipinski definition) is 6. The standard InChI is InChI=1S/C16H25N3O4/c20-16-12-4-1-2-7-15(12,18-8-10-23-11-9-18)19(22)14(16)6-3-5-13(16)17-21/h12,20-21H,1-11H2/b17-13+/t12-,15-,16-/m0/s1. The highest BCUT2D eigenvalue weighted by atomic mass is 16.5. The molecule has 3 fully saturated rings. The van der Waals surface area contributed by atoms with Crippen LogP contribution in [-0.4, -0.2) is 68.9 Å². The molecule has 1 saturated heterocycles. The quantitative estimate of drug-likeness (QED) is 0.324. The van der Waals surface area contributed by atoms with E-state index in [9.17, 15) is 15.5 Å². The molecule has 128 valence electrons. The molecule has 23 heavy (non-hydrogen) atoms. The van der Waals surface area contributed by atoms with Crippen molar-refractivity contribution in [2.75, 3.05) is 26.3 Å². The zero-order valence-electron chi connectivity index (χ0n) is 13.4. The molecular formula is C16H25N3O4. The highest BCUT2D eigenvalue weighted by molar-refractivity contribution is 6.15. The van der Waals surface area contributed by atoms with Crippen LogP contribution in [0.5, 0.6) is 0 Å². The Balaban J connectivity index is 1.85. The van der Waals surface area contributed by atoms with Crippen molar-refractivity contribution in [3.8, 4) is 0 Å². The third-order valence-corrected chi connectivity index (χ3v) is 6.33. The predicted molar refractivity (Wildman–Crippen MR) is 83.7 cm³/mol. The zero-order chi connectivity index (χ0) is 16.1. The van der Waals surface area contributed by atoms with Gasteiger partial charge in [-0.25, -0.2) is 4.90 Å². The van der Waals surface area contributed by atoms with Crippen molar-refractivity contribution in [1.29, 1.82) is 0 Å². The minimum absolute atomic E-state index is 0.222. The van der Waals surface area contributed by atoms with Gasteiger partial charge in [0.15, 0.2) is 5.60 Å². The summed E-state index contributed by atoms with van der Waals surface area (Å²) in [6.45, 7) is 2.67. The molecular weight excluding hydrogens is 298 g/mol. The second-order valence-electron chi connectivity index (χ2n) is 7.18. The normalized spacial score (nSPS) is 43.5. The summed E-state index contributed by atoms with van der Waals surface area (Å²) >= 11 is 0. The number of morpholine rings is 1. The van der Waals surface area contributed by atoms with Crippen molar-refractivity contribution >= 4 is 11.4 Å². The van der Waals surface area contributed by atoms with Gasteiger partial charge in [0.1, 0.15) is 0 Å². The van der Waals surface area contributed by atoms with Crippen LogP contribution in [0.15, 0.2) is 5.16 Å². The molecule has 2 aliphatic carbocycles. The minimum atomic E-state index is -1.37. The molecule has 0 spiro atoms. The van der Waals surface area contributed by atoms with Gasteiger partial charge in [-0.15, -0.1) is 0 Å². The lowest BCUT2D eigenvalue weighted by Gasteiger charge is -2.47. The van der Waals surface area contributed by atoms with Crippen LogP contribution in [0, 0.1) is 11.1 Å². The Labute approximate surface area is 135 Å². The number of oxime groups is 1. The van der Waals surface area contributed by atoms with Gasteiger partial charge >= 0.3 is 0 Å². The van der Waals surface area contributed by atoms with Gasteiger partial charge in [-0.2, -0.15) is 4.74 Å². The molecule has 0 aromatic heterocycles. The van der Waals surface area contributed by atoms with Crippen LogP contribution >= 0.6 is 0 Å². The summed E-state index contributed by atoms with van der Waals surface area (Å²) in [5.41, 5.74) is -1.18. The van der Waals surface area contributed by atoms with Crippen LogP contribution in [0.3, 0.4) is 0 Å². The molecule has 0 bridgehead atoms. The second kappa shape index (κ2) is 5.43. The van der Waals surface area contributed by atoms with Gasteiger partial charge in [-0.3, -0.25) is 0 Å². The molecule has 2 aliphatic heterocycles. The lowest BCUT2D eigenvalue weighted by molar-refractivity contribution is -0.591. The molecule has 0 aromatic rings. The molecule has 0 amide bonds.